The first-order valence-corrected chi connectivity index (χ1v) is 6.97. The third-order valence-corrected chi connectivity index (χ3v) is 4.59. The third kappa shape index (κ3) is 2.54. The highest BCUT2D eigenvalue weighted by atomic mass is 32.2. The normalized spacial score (nSPS) is 35.0. The molecule has 2 saturated carbocycles. The molecule has 80 valence electrons. The summed E-state index contributed by atoms with van der Waals surface area (Å²) in [6.07, 6.45) is 7.95. The minimum absolute atomic E-state index is 0.859. The van der Waals surface area contributed by atoms with Crippen molar-refractivity contribution in [2.75, 3.05) is 18.1 Å². The molecule has 2 bridgehead atoms. The summed E-state index contributed by atoms with van der Waals surface area (Å²) in [4.78, 5) is 0. The summed E-state index contributed by atoms with van der Waals surface area (Å²) in [7, 11) is 0. The number of fused-ring (bicyclic) bond motifs is 2. The second kappa shape index (κ2) is 5.22. The fraction of sp³-hybridized carbons (Fsp3) is 0.833. The van der Waals surface area contributed by atoms with Crippen molar-refractivity contribution in [1.29, 1.82) is 0 Å². The van der Waals surface area contributed by atoms with Crippen LogP contribution in [-0.2, 0) is 0 Å². The van der Waals surface area contributed by atoms with Crippen molar-refractivity contribution in [3.05, 3.63) is 12.7 Å². The van der Waals surface area contributed by atoms with Gasteiger partial charge in [0.2, 0.25) is 0 Å². The second-order valence-corrected chi connectivity index (χ2v) is 5.75. The quantitative estimate of drug-likeness (QED) is 0.535. The fourth-order valence-corrected chi connectivity index (χ4v) is 3.57. The lowest BCUT2D eigenvalue weighted by atomic mass is 9.95. The average Bonchev–Trinajstić information content (AvgIpc) is 2.79. The van der Waals surface area contributed by atoms with Crippen LogP contribution in [0.25, 0.3) is 0 Å². The molecule has 14 heavy (non-hydrogen) atoms. The molecule has 0 aromatic heterocycles. The molecule has 0 aromatic carbocycles. The van der Waals surface area contributed by atoms with E-state index in [1.54, 1.807) is 0 Å². The van der Waals surface area contributed by atoms with Gasteiger partial charge in [0, 0.05) is 24.1 Å². The molecule has 0 amide bonds. The molecular weight excluding hydrogens is 190 g/mol. The Labute approximate surface area is 91.7 Å². The zero-order chi connectivity index (χ0) is 9.80. The van der Waals surface area contributed by atoms with Crippen molar-refractivity contribution in [2.24, 2.45) is 11.8 Å². The van der Waals surface area contributed by atoms with Crippen molar-refractivity contribution in [3.63, 3.8) is 0 Å². The van der Waals surface area contributed by atoms with E-state index in [0.717, 1.165) is 23.6 Å². The molecule has 2 rings (SSSR count). The molecule has 0 aliphatic heterocycles. The molecule has 0 saturated heterocycles. The van der Waals surface area contributed by atoms with E-state index in [1.165, 1.54) is 38.0 Å². The number of nitrogens with one attached hydrogen (secondary N) is 1. The molecule has 0 radical (unpaired) electrons. The maximum atomic E-state index is 3.73. The highest BCUT2D eigenvalue weighted by Crippen LogP contribution is 2.44. The zero-order valence-electron chi connectivity index (χ0n) is 8.87. The maximum absolute atomic E-state index is 3.73. The topological polar surface area (TPSA) is 12.0 Å². The van der Waals surface area contributed by atoms with Crippen LogP contribution in [0.5, 0.6) is 0 Å². The Balaban J connectivity index is 1.56. The van der Waals surface area contributed by atoms with Crippen molar-refractivity contribution < 1.29 is 0 Å². The van der Waals surface area contributed by atoms with Crippen LogP contribution < -0.4 is 5.32 Å². The van der Waals surface area contributed by atoms with Gasteiger partial charge in [0.15, 0.2) is 0 Å². The largest absolute Gasteiger partial charge is 0.313 e. The second-order valence-electron chi connectivity index (χ2n) is 4.60. The van der Waals surface area contributed by atoms with Crippen LogP contribution in [0.1, 0.15) is 25.7 Å². The van der Waals surface area contributed by atoms with Crippen LogP contribution in [0.15, 0.2) is 12.7 Å². The summed E-state index contributed by atoms with van der Waals surface area (Å²) in [5, 5.41) is 3.72. The van der Waals surface area contributed by atoms with E-state index in [1.807, 2.05) is 17.8 Å². The minimum atomic E-state index is 0.859. The van der Waals surface area contributed by atoms with E-state index in [4.69, 9.17) is 0 Å². The van der Waals surface area contributed by atoms with Gasteiger partial charge < -0.3 is 5.32 Å². The lowest BCUT2D eigenvalue weighted by Crippen LogP contribution is -2.35. The molecule has 1 N–H and O–H groups in total. The molecule has 2 aliphatic rings. The smallest absolute Gasteiger partial charge is 0.0111 e. The number of thioether (sulfide) groups is 1. The van der Waals surface area contributed by atoms with Gasteiger partial charge in [-0.1, -0.05) is 12.5 Å². The van der Waals surface area contributed by atoms with Crippen LogP contribution in [0.4, 0.5) is 0 Å². The predicted molar refractivity (Wildman–Crippen MR) is 64.8 cm³/mol. The summed E-state index contributed by atoms with van der Waals surface area (Å²) >= 11 is 1.98. The van der Waals surface area contributed by atoms with Crippen molar-refractivity contribution >= 4 is 11.8 Å². The van der Waals surface area contributed by atoms with Crippen LogP contribution in [0, 0.1) is 11.8 Å². The van der Waals surface area contributed by atoms with Crippen molar-refractivity contribution in [1.82, 2.24) is 5.32 Å². The lowest BCUT2D eigenvalue weighted by molar-refractivity contribution is 0.359. The van der Waals surface area contributed by atoms with Gasteiger partial charge in [-0.25, -0.2) is 0 Å². The van der Waals surface area contributed by atoms with Gasteiger partial charge in [0.25, 0.3) is 0 Å². The van der Waals surface area contributed by atoms with E-state index < -0.39 is 0 Å². The van der Waals surface area contributed by atoms with Gasteiger partial charge in [-0.2, -0.15) is 11.8 Å². The summed E-state index contributed by atoms with van der Waals surface area (Å²) < 4.78 is 0. The number of rotatable bonds is 6. The first-order valence-electron chi connectivity index (χ1n) is 5.82. The number of hydrogen-bond donors (Lipinski definition) is 1. The van der Waals surface area contributed by atoms with Gasteiger partial charge >= 0.3 is 0 Å². The SMILES string of the molecule is C=CCSCCNC1CC2CCC1C2. The summed E-state index contributed by atoms with van der Waals surface area (Å²) in [6, 6.07) is 0.859. The van der Waals surface area contributed by atoms with Gasteiger partial charge in [0.1, 0.15) is 0 Å². The molecule has 2 heteroatoms. The Bertz CT molecular complexity index is 193. The first kappa shape index (κ1) is 10.6. The Morgan fingerprint density at radius 3 is 2.93 bits per heavy atom. The van der Waals surface area contributed by atoms with Crippen molar-refractivity contribution in [3.8, 4) is 0 Å². The molecular formula is C12H21NS. The van der Waals surface area contributed by atoms with Gasteiger partial charge in [-0.05, 0) is 31.1 Å². The fourth-order valence-electron chi connectivity index (χ4n) is 2.98. The van der Waals surface area contributed by atoms with Gasteiger partial charge in [-0.15, -0.1) is 6.58 Å². The Morgan fingerprint density at radius 2 is 2.29 bits per heavy atom. The van der Waals surface area contributed by atoms with E-state index >= 15 is 0 Å². The van der Waals surface area contributed by atoms with Crippen LogP contribution >= 0.6 is 11.8 Å². The molecule has 3 atom stereocenters. The third-order valence-electron chi connectivity index (χ3n) is 3.63. The minimum Gasteiger partial charge on any atom is -0.313 e. The van der Waals surface area contributed by atoms with Crippen LogP contribution in [0.3, 0.4) is 0 Å². The molecule has 0 spiro atoms. The first-order chi connectivity index (χ1) is 6.90. The van der Waals surface area contributed by atoms with Gasteiger partial charge in [0.05, 0.1) is 0 Å². The van der Waals surface area contributed by atoms with Crippen molar-refractivity contribution in [2.45, 2.75) is 31.7 Å². The van der Waals surface area contributed by atoms with Gasteiger partial charge in [-0.3, -0.25) is 0 Å². The average molecular weight is 211 g/mol. The van der Waals surface area contributed by atoms with Crippen LogP contribution in [-0.4, -0.2) is 24.1 Å². The monoisotopic (exact) mass is 211 g/mol. The number of hydrogen-bond acceptors (Lipinski definition) is 2. The summed E-state index contributed by atoms with van der Waals surface area (Å²) in [5.41, 5.74) is 0. The molecule has 0 heterocycles. The molecule has 0 aromatic rings. The molecule has 2 aliphatic carbocycles. The molecule has 1 nitrogen and oxygen atoms in total. The van der Waals surface area contributed by atoms with Crippen LogP contribution in [0.2, 0.25) is 0 Å². The predicted octanol–water partition coefficient (Wildman–Crippen LogP) is 2.68. The standard InChI is InChI=1S/C12H21NS/c1-2-6-14-7-5-13-12-9-10-3-4-11(12)8-10/h2,10-13H,1,3-9H2. The lowest BCUT2D eigenvalue weighted by Gasteiger charge is -2.22. The summed E-state index contributed by atoms with van der Waals surface area (Å²) in [6.45, 7) is 4.91. The Morgan fingerprint density at radius 1 is 1.36 bits per heavy atom. The highest BCUT2D eigenvalue weighted by molar-refractivity contribution is 7.99. The summed E-state index contributed by atoms with van der Waals surface area (Å²) in [5.74, 6) is 4.42. The molecule has 3 unspecified atom stereocenters. The molecule has 2 fully saturated rings. The zero-order valence-corrected chi connectivity index (χ0v) is 9.69. The maximum Gasteiger partial charge on any atom is 0.0111 e. The Kier molecular flexibility index (Phi) is 3.94. The van der Waals surface area contributed by atoms with E-state index in [9.17, 15) is 0 Å². The van der Waals surface area contributed by atoms with E-state index in [2.05, 4.69) is 11.9 Å². The Hall–Kier alpha value is 0.0500. The highest BCUT2D eigenvalue weighted by Gasteiger charge is 2.38. The van der Waals surface area contributed by atoms with E-state index in [-0.39, 0.29) is 0 Å². The van der Waals surface area contributed by atoms with E-state index in [0.29, 0.717) is 0 Å².